The first-order chi connectivity index (χ1) is 9.11. The summed E-state index contributed by atoms with van der Waals surface area (Å²) >= 11 is 11.9. The minimum absolute atomic E-state index is 0.183. The van der Waals surface area contributed by atoms with Gasteiger partial charge in [-0.15, -0.1) is 0 Å². The molecule has 0 unspecified atom stereocenters. The number of hydrogen-bond donors (Lipinski definition) is 2. The molecule has 0 saturated carbocycles. The maximum Gasteiger partial charge on any atom is 0.275 e. The number of carbonyl (C=O) groups is 1. The summed E-state index contributed by atoms with van der Waals surface area (Å²) in [6.45, 7) is 0. The van der Waals surface area contributed by atoms with Crippen molar-refractivity contribution < 1.29 is 4.79 Å². The quantitative estimate of drug-likeness (QED) is 0.913. The van der Waals surface area contributed by atoms with E-state index >= 15 is 0 Å². The standard InChI is InChI=1S/C12H10Cl2N4O/c1-15-10-6-16-5-9(17-10)12(19)18-8-4-2-3-7(13)11(8)14/h2-6H,1H3,(H,15,17)(H,18,19). The summed E-state index contributed by atoms with van der Waals surface area (Å²) in [5, 5.41) is 6.10. The highest BCUT2D eigenvalue weighted by Crippen LogP contribution is 2.29. The van der Waals surface area contributed by atoms with Crippen molar-refractivity contribution in [3.05, 3.63) is 46.3 Å². The van der Waals surface area contributed by atoms with E-state index in [0.717, 1.165) is 0 Å². The molecular weight excluding hydrogens is 287 g/mol. The molecule has 2 rings (SSSR count). The number of hydrogen-bond acceptors (Lipinski definition) is 4. The Morgan fingerprint density at radius 2 is 2.05 bits per heavy atom. The van der Waals surface area contributed by atoms with Crippen molar-refractivity contribution in [2.24, 2.45) is 0 Å². The van der Waals surface area contributed by atoms with Crippen LogP contribution in [-0.2, 0) is 0 Å². The number of benzene rings is 1. The Kier molecular flexibility index (Phi) is 4.19. The number of aromatic nitrogens is 2. The molecule has 0 spiro atoms. The smallest absolute Gasteiger partial charge is 0.275 e. The molecule has 0 fully saturated rings. The molecule has 1 amide bonds. The zero-order valence-corrected chi connectivity index (χ0v) is 11.5. The Hall–Kier alpha value is -1.85. The van der Waals surface area contributed by atoms with Crippen molar-refractivity contribution in [1.29, 1.82) is 0 Å². The van der Waals surface area contributed by atoms with Crippen LogP contribution in [0.5, 0.6) is 0 Å². The lowest BCUT2D eigenvalue weighted by atomic mass is 10.3. The van der Waals surface area contributed by atoms with Crippen molar-refractivity contribution in [1.82, 2.24) is 9.97 Å². The van der Waals surface area contributed by atoms with Crippen LogP contribution in [0.1, 0.15) is 10.5 Å². The molecule has 1 aromatic carbocycles. The fraction of sp³-hybridized carbons (Fsp3) is 0.0833. The lowest BCUT2D eigenvalue weighted by molar-refractivity contribution is 0.102. The van der Waals surface area contributed by atoms with E-state index in [1.165, 1.54) is 12.4 Å². The molecule has 0 atom stereocenters. The maximum atomic E-state index is 12.0. The van der Waals surface area contributed by atoms with Gasteiger partial charge in [0, 0.05) is 7.05 Å². The third-order valence-corrected chi connectivity index (χ3v) is 3.14. The van der Waals surface area contributed by atoms with Crippen LogP contribution in [0.4, 0.5) is 11.5 Å². The van der Waals surface area contributed by atoms with E-state index in [4.69, 9.17) is 23.2 Å². The fourth-order valence-corrected chi connectivity index (χ4v) is 1.73. The van der Waals surface area contributed by atoms with Crippen molar-refractivity contribution in [2.75, 3.05) is 17.7 Å². The fourth-order valence-electron chi connectivity index (χ4n) is 1.38. The van der Waals surface area contributed by atoms with E-state index < -0.39 is 5.91 Å². The third kappa shape index (κ3) is 3.13. The second-order valence-corrected chi connectivity index (χ2v) is 4.38. The molecule has 2 N–H and O–H groups in total. The molecule has 0 aliphatic carbocycles. The van der Waals surface area contributed by atoms with E-state index in [9.17, 15) is 4.79 Å². The van der Waals surface area contributed by atoms with Gasteiger partial charge in [0.2, 0.25) is 0 Å². The average Bonchev–Trinajstić information content (AvgIpc) is 2.44. The molecule has 1 aromatic heterocycles. The van der Waals surface area contributed by atoms with Crippen LogP contribution >= 0.6 is 23.2 Å². The Bertz CT molecular complexity index is 618. The van der Waals surface area contributed by atoms with E-state index in [1.807, 2.05) is 0 Å². The van der Waals surface area contributed by atoms with Gasteiger partial charge in [-0.1, -0.05) is 29.3 Å². The molecule has 0 aliphatic rings. The van der Waals surface area contributed by atoms with E-state index in [2.05, 4.69) is 20.6 Å². The second kappa shape index (κ2) is 5.86. The normalized spacial score (nSPS) is 10.1. The van der Waals surface area contributed by atoms with Crippen LogP contribution in [0.15, 0.2) is 30.6 Å². The first kappa shape index (κ1) is 13.6. The molecular formula is C12H10Cl2N4O. The lowest BCUT2D eigenvalue weighted by Gasteiger charge is -2.08. The van der Waals surface area contributed by atoms with Gasteiger partial charge in [0.25, 0.3) is 5.91 Å². The number of nitrogens with one attached hydrogen (secondary N) is 2. The van der Waals surface area contributed by atoms with Crippen LogP contribution in [-0.4, -0.2) is 22.9 Å². The summed E-state index contributed by atoms with van der Waals surface area (Å²) in [6, 6.07) is 4.99. The number of anilines is 2. The Morgan fingerprint density at radius 3 is 2.79 bits per heavy atom. The van der Waals surface area contributed by atoms with Gasteiger partial charge in [-0.25, -0.2) is 4.98 Å². The SMILES string of the molecule is CNc1cncc(C(=O)Nc2cccc(Cl)c2Cl)n1. The van der Waals surface area contributed by atoms with Gasteiger partial charge in [-0.2, -0.15) is 0 Å². The molecule has 0 radical (unpaired) electrons. The van der Waals surface area contributed by atoms with Gasteiger partial charge < -0.3 is 10.6 Å². The first-order valence-corrected chi connectivity index (χ1v) is 6.12. The number of nitrogens with zero attached hydrogens (tertiary/aromatic N) is 2. The second-order valence-electron chi connectivity index (χ2n) is 3.60. The Balaban J connectivity index is 2.23. The van der Waals surface area contributed by atoms with Crippen molar-refractivity contribution in [3.8, 4) is 0 Å². The van der Waals surface area contributed by atoms with Gasteiger partial charge in [0.05, 0.1) is 28.1 Å². The summed E-state index contributed by atoms with van der Waals surface area (Å²) in [4.78, 5) is 20.0. The molecule has 2 aromatic rings. The topological polar surface area (TPSA) is 66.9 Å². The summed E-state index contributed by atoms with van der Waals surface area (Å²) in [5.41, 5.74) is 0.610. The highest BCUT2D eigenvalue weighted by molar-refractivity contribution is 6.44. The van der Waals surface area contributed by atoms with Gasteiger partial charge in [-0.3, -0.25) is 9.78 Å². The third-order valence-electron chi connectivity index (χ3n) is 2.32. The van der Waals surface area contributed by atoms with Crippen LogP contribution in [0, 0.1) is 0 Å². The van der Waals surface area contributed by atoms with Gasteiger partial charge in [0.1, 0.15) is 11.5 Å². The molecule has 0 bridgehead atoms. The minimum Gasteiger partial charge on any atom is -0.372 e. The van der Waals surface area contributed by atoms with Gasteiger partial charge in [0.15, 0.2) is 0 Å². The van der Waals surface area contributed by atoms with E-state index in [1.54, 1.807) is 25.2 Å². The van der Waals surface area contributed by atoms with Crippen LogP contribution in [0.2, 0.25) is 10.0 Å². The summed E-state index contributed by atoms with van der Waals surface area (Å²) in [5.74, 6) is 0.0959. The Labute approximate surface area is 120 Å². The van der Waals surface area contributed by atoms with Crippen molar-refractivity contribution in [2.45, 2.75) is 0 Å². The number of carbonyl (C=O) groups excluding carboxylic acids is 1. The van der Waals surface area contributed by atoms with E-state index in [0.29, 0.717) is 16.5 Å². The predicted molar refractivity (Wildman–Crippen MR) is 76.0 cm³/mol. The molecule has 0 saturated heterocycles. The van der Waals surface area contributed by atoms with Crippen LogP contribution in [0.3, 0.4) is 0 Å². The predicted octanol–water partition coefficient (Wildman–Crippen LogP) is 3.08. The highest BCUT2D eigenvalue weighted by atomic mass is 35.5. The number of amides is 1. The average molecular weight is 297 g/mol. The maximum absolute atomic E-state index is 12.0. The number of halogens is 2. The van der Waals surface area contributed by atoms with Crippen molar-refractivity contribution in [3.63, 3.8) is 0 Å². The largest absolute Gasteiger partial charge is 0.372 e. The molecule has 19 heavy (non-hydrogen) atoms. The molecule has 7 heteroatoms. The molecule has 1 heterocycles. The monoisotopic (exact) mass is 296 g/mol. The summed E-state index contributed by atoms with van der Waals surface area (Å²) < 4.78 is 0. The van der Waals surface area contributed by atoms with Crippen LogP contribution < -0.4 is 10.6 Å². The zero-order valence-electron chi connectivity index (χ0n) is 9.95. The minimum atomic E-state index is -0.409. The zero-order chi connectivity index (χ0) is 13.8. The molecule has 98 valence electrons. The lowest BCUT2D eigenvalue weighted by Crippen LogP contribution is -2.15. The molecule has 5 nitrogen and oxygen atoms in total. The summed E-state index contributed by atoms with van der Waals surface area (Å²) in [7, 11) is 1.69. The van der Waals surface area contributed by atoms with E-state index in [-0.39, 0.29) is 10.7 Å². The van der Waals surface area contributed by atoms with Crippen LogP contribution in [0.25, 0.3) is 0 Å². The summed E-state index contributed by atoms with van der Waals surface area (Å²) in [6.07, 6.45) is 2.89. The number of rotatable bonds is 3. The highest BCUT2D eigenvalue weighted by Gasteiger charge is 2.12. The van der Waals surface area contributed by atoms with Gasteiger partial charge in [-0.05, 0) is 12.1 Å². The Morgan fingerprint density at radius 1 is 1.26 bits per heavy atom. The molecule has 0 aliphatic heterocycles. The first-order valence-electron chi connectivity index (χ1n) is 5.37. The van der Waals surface area contributed by atoms with Gasteiger partial charge >= 0.3 is 0 Å². The van der Waals surface area contributed by atoms with Crippen molar-refractivity contribution >= 4 is 40.6 Å².